The Balaban J connectivity index is 1.63. The average molecular weight is 480 g/mol. The summed E-state index contributed by atoms with van der Waals surface area (Å²) in [6.45, 7) is 4.69. The lowest BCUT2D eigenvalue weighted by atomic mass is 10.1. The highest BCUT2D eigenvalue weighted by Crippen LogP contribution is 2.22. The molecule has 0 radical (unpaired) electrons. The molecule has 1 aliphatic rings. The number of halogens is 2. The second-order valence-electron chi connectivity index (χ2n) is 6.92. The van der Waals surface area contributed by atoms with Crippen LogP contribution < -0.4 is 11.2 Å². The topological polar surface area (TPSA) is 150 Å². The average Bonchev–Trinajstić information content (AvgIpc) is 3.38. The molecule has 3 N–H and O–H groups in total. The van der Waals surface area contributed by atoms with Crippen LogP contribution in [0.3, 0.4) is 0 Å². The van der Waals surface area contributed by atoms with E-state index in [0.29, 0.717) is 59.9 Å². The van der Waals surface area contributed by atoms with E-state index >= 15 is 0 Å². The van der Waals surface area contributed by atoms with Gasteiger partial charge >= 0.3 is 0 Å². The van der Waals surface area contributed by atoms with E-state index in [1.54, 1.807) is 25.1 Å². The summed E-state index contributed by atoms with van der Waals surface area (Å²) < 4.78 is 11.2. The molecule has 0 spiro atoms. The first-order chi connectivity index (χ1) is 15.4. The fourth-order valence-corrected chi connectivity index (χ4v) is 3.68. The van der Waals surface area contributed by atoms with Gasteiger partial charge in [0.25, 0.3) is 5.91 Å². The van der Waals surface area contributed by atoms with E-state index in [2.05, 4.69) is 40.7 Å². The summed E-state index contributed by atoms with van der Waals surface area (Å²) in [7, 11) is 0. The molecule has 0 aliphatic carbocycles. The Labute approximate surface area is 192 Å². The second-order valence-corrected chi connectivity index (χ2v) is 7.76. The maximum atomic E-state index is 13.1. The van der Waals surface area contributed by atoms with Crippen LogP contribution in [0.15, 0.2) is 27.9 Å². The number of ether oxygens (including phenoxy) is 1. The number of morpholine rings is 1. The molecule has 12 nitrogen and oxygen atoms in total. The van der Waals surface area contributed by atoms with Gasteiger partial charge < -0.3 is 10.5 Å². The van der Waals surface area contributed by atoms with Crippen LogP contribution in [0.2, 0.25) is 10.0 Å². The minimum atomic E-state index is -0.565. The van der Waals surface area contributed by atoms with E-state index < -0.39 is 5.91 Å². The molecule has 2 aromatic heterocycles. The van der Waals surface area contributed by atoms with Crippen LogP contribution in [-0.2, 0) is 11.3 Å². The normalized spacial score (nSPS) is 15.2. The van der Waals surface area contributed by atoms with Gasteiger partial charge in [-0.1, -0.05) is 34.5 Å². The van der Waals surface area contributed by atoms with Gasteiger partial charge in [0.15, 0.2) is 5.69 Å². The number of nitrogens with one attached hydrogen (secondary N) is 1. The van der Waals surface area contributed by atoms with Crippen LogP contribution in [-0.4, -0.2) is 68.1 Å². The van der Waals surface area contributed by atoms with Crippen molar-refractivity contribution in [1.29, 1.82) is 0 Å². The zero-order valence-electron chi connectivity index (χ0n) is 17.0. The molecule has 0 unspecified atom stereocenters. The molecule has 0 bridgehead atoms. The molecule has 0 atom stereocenters. The Bertz CT molecular complexity index is 1150. The van der Waals surface area contributed by atoms with Gasteiger partial charge in [0.2, 0.25) is 11.6 Å². The third-order valence-corrected chi connectivity index (χ3v) is 5.32. The molecular weight excluding hydrogens is 461 g/mol. The Morgan fingerprint density at radius 3 is 2.75 bits per heavy atom. The maximum absolute atomic E-state index is 13.1. The van der Waals surface area contributed by atoms with Gasteiger partial charge in [-0.25, -0.2) is 10.1 Å². The first kappa shape index (κ1) is 22.1. The van der Waals surface area contributed by atoms with Gasteiger partial charge in [-0.3, -0.25) is 9.69 Å². The fraction of sp³-hybridized carbons (Fsp3) is 0.333. The van der Waals surface area contributed by atoms with Gasteiger partial charge in [0.1, 0.15) is 5.69 Å². The predicted octanol–water partition coefficient (Wildman–Crippen LogP) is 1.53. The van der Waals surface area contributed by atoms with E-state index in [-0.39, 0.29) is 17.3 Å². The third-order valence-electron chi connectivity index (χ3n) is 4.77. The number of amides is 1. The summed E-state index contributed by atoms with van der Waals surface area (Å²) in [6, 6.07) is 5.00. The number of aromatic nitrogens is 5. The van der Waals surface area contributed by atoms with Crippen molar-refractivity contribution in [2.24, 2.45) is 5.10 Å². The highest BCUT2D eigenvalue weighted by atomic mass is 35.5. The molecule has 1 fully saturated rings. The van der Waals surface area contributed by atoms with Crippen LogP contribution in [0.1, 0.15) is 28.7 Å². The van der Waals surface area contributed by atoms with Crippen LogP contribution in [0.25, 0.3) is 5.82 Å². The Kier molecular flexibility index (Phi) is 6.65. The van der Waals surface area contributed by atoms with Crippen molar-refractivity contribution in [1.82, 2.24) is 35.6 Å². The molecule has 3 aromatic rings. The summed E-state index contributed by atoms with van der Waals surface area (Å²) >= 11 is 12.2. The van der Waals surface area contributed by atoms with Gasteiger partial charge in [-0.15, -0.1) is 5.10 Å². The van der Waals surface area contributed by atoms with Crippen LogP contribution in [0.4, 0.5) is 5.82 Å². The molecule has 4 rings (SSSR count). The first-order valence-corrected chi connectivity index (χ1v) is 10.3. The van der Waals surface area contributed by atoms with Gasteiger partial charge in [0.05, 0.1) is 23.9 Å². The highest BCUT2D eigenvalue weighted by molar-refractivity contribution is 6.37. The first-order valence-electron chi connectivity index (χ1n) is 9.57. The highest BCUT2D eigenvalue weighted by Gasteiger charge is 2.26. The van der Waals surface area contributed by atoms with Gasteiger partial charge in [-0.05, 0) is 29.4 Å². The molecule has 0 saturated carbocycles. The lowest BCUT2D eigenvalue weighted by Crippen LogP contribution is -2.36. The molecule has 14 heteroatoms. The quantitative estimate of drug-likeness (QED) is 0.396. The minimum absolute atomic E-state index is 0.0329. The lowest BCUT2D eigenvalue weighted by Gasteiger charge is -2.25. The molecule has 1 saturated heterocycles. The zero-order chi connectivity index (χ0) is 22.7. The van der Waals surface area contributed by atoms with Crippen LogP contribution in [0.5, 0.6) is 0 Å². The number of anilines is 1. The number of rotatable bonds is 6. The van der Waals surface area contributed by atoms with E-state index in [4.69, 9.17) is 33.7 Å². The second kappa shape index (κ2) is 9.61. The SMILES string of the molecule is C/C(=N\NC(=O)c1c(CN2CCOCC2)nnn1-c1nonc1N)c1ccc(Cl)cc1Cl. The number of carbonyl (C=O) groups is 1. The standard InChI is InChI=1S/C18H19Cl2N9O3/c1-10(12-3-2-11(19)8-13(12)20)22-24-18(30)15-14(9-28-4-6-31-7-5-28)23-27-29(15)17-16(21)25-32-26-17/h2-3,8H,4-7,9H2,1H3,(H2,21,25)(H,24,30)/b22-10+. The number of benzene rings is 1. The van der Waals surface area contributed by atoms with E-state index in [1.165, 1.54) is 4.68 Å². The maximum Gasteiger partial charge on any atom is 0.292 e. The number of nitrogens with two attached hydrogens (primary N) is 1. The molecule has 1 aromatic carbocycles. The third kappa shape index (κ3) is 4.72. The summed E-state index contributed by atoms with van der Waals surface area (Å²) in [4.78, 5) is 15.2. The number of nitrogens with zero attached hydrogens (tertiary/aromatic N) is 7. The van der Waals surface area contributed by atoms with Crippen molar-refractivity contribution >= 4 is 40.6 Å². The number of hydrazone groups is 1. The Morgan fingerprint density at radius 1 is 1.28 bits per heavy atom. The molecule has 1 amide bonds. The van der Waals surface area contributed by atoms with Crippen molar-refractivity contribution in [3.8, 4) is 5.82 Å². The van der Waals surface area contributed by atoms with Crippen LogP contribution >= 0.6 is 23.2 Å². The summed E-state index contributed by atoms with van der Waals surface area (Å²) in [5, 5.41) is 20.5. The minimum Gasteiger partial charge on any atom is -0.379 e. The van der Waals surface area contributed by atoms with Crippen molar-refractivity contribution in [2.45, 2.75) is 13.5 Å². The fourth-order valence-electron chi connectivity index (χ4n) is 3.13. The number of carbonyl (C=O) groups excluding carboxylic acids is 1. The number of nitrogen functional groups attached to an aromatic ring is 1. The molecule has 3 heterocycles. The molecular formula is C18H19Cl2N9O3. The van der Waals surface area contributed by atoms with Crippen molar-refractivity contribution in [3.05, 3.63) is 45.2 Å². The predicted molar refractivity (Wildman–Crippen MR) is 116 cm³/mol. The summed E-state index contributed by atoms with van der Waals surface area (Å²) in [5.41, 5.74) is 9.95. The van der Waals surface area contributed by atoms with Gasteiger partial charge in [0, 0.05) is 30.2 Å². The van der Waals surface area contributed by atoms with E-state index in [1.807, 2.05) is 0 Å². The molecule has 32 heavy (non-hydrogen) atoms. The smallest absolute Gasteiger partial charge is 0.292 e. The van der Waals surface area contributed by atoms with E-state index in [0.717, 1.165) is 0 Å². The molecule has 1 aliphatic heterocycles. The molecule has 168 valence electrons. The Hall–Kier alpha value is -3.06. The van der Waals surface area contributed by atoms with Crippen molar-refractivity contribution in [3.63, 3.8) is 0 Å². The number of hydrogen-bond donors (Lipinski definition) is 2. The van der Waals surface area contributed by atoms with Crippen LogP contribution in [0, 0.1) is 0 Å². The summed E-state index contributed by atoms with van der Waals surface area (Å²) in [5.74, 6) is -0.545. The lowest BCUT2D eigenvalue weighted by molar-refractivity contribution is 0.0335. The monoisotopic (exact) mass is 479 g/mol. The van der Waals surface area contributed by atoms with Crippen molar-refractivity contribution in [2.75, 3.05) is 32.0 Å². The van der Waals surface area contributed by atoms with Crippen molar-refractivity contribution < 1.29 is 14.2 Å². The number of hydrogen-bond acceptors (Lipinski definition) is 10. The summed E-state index contributed by atoms with van der Waals surface area (Å²) in [6.07, 6.45) is 0. The Morgan fingerprint density at radius 2 is 2.06 bits per heavy atom. The largest absolute Gasteiger partial charge is 0.379 e. The van der Waals surface area contributed by atoms with Gasteiger partial charge in [-0.2, -0.15) is 9.78 Å². The van der Waals surface area contributed by atoms with E-state index in [9.17, 15) is 4.79 Å². The zero-order valence-corrected chi connectivity index (χ0v) is 18.5.